The van der Waals surface area contributed by atoms with Gasteiger partial charge in [0, 0.05) is 18.4 Å². The van der Waals surface area contributed by atoms with Gasteiger partial charge in [0.15, 0.2) is 0 Å². The van der Waals surface area contributed by atoms with Crippen LogP contribution in [0.3, 0.4) is 0 Å². The largest absolute Gasteiger partial charge is 0.479 e. The van der Waals surface area contributed by atoms with E-state index in [1.807, 2.05) is 58.0 Å². The number of hydrogen-bond donors (Lipinski definition) is 2. The number of ether oxygens (including phenoxy) is 1. The van der Waals surface area contributed by atoms with Gasteiger partial charge in [-0.2, -0.15) is 0 Å². The number of hydrogen-bond acceptors (Lipinski definition) is 3. The molecule has 0 saturated heterocycles. The summed E-state index contributed by atoms with van der Waals surface area (Å²) in [5, 5.41) is 12.6. The molecule has 1 saturated carbocycles. The van der Waals surface area contributed by atoms with Crippen molar-refractivity contribution in [2.45, 2.75) is 58.1 Å². The highest BCUT2D eigenvalue weighted by Crippen LogP contribution is 2.51. The van der Waals surface area contributed by atoms with Gasteiger partial charge in [0.2, 0.25) is 5.91 Å². The fourth-order valence-corrected chi connectivity index (χ4v) is 3.59. The normalized spacial score (nSPS) is 26.2. The SMILES string of the molecule is CCOC1CC(NC(=O)C(CC)c2ccccc2)(C(=O)O)C1(C)C. The monoisotopic (exact) mass is 333 g/mol. The van der Waals surface area contributed by atoms with Gasteiger partial charge in [0.25, 0.3) is 0 Å². The van der Waals surface area contributed by atoms with Crippen LogP contribution in [0.2, 0.25) is 0 Å². The highest BCUT2D eigenvalue weighted by atomic mass is 16.5. The lowest BCUT2D eigenvalue weighted by Gasteiger charge is -2.58. The lowest BCUT2D eigenvalue weighted by Crippen LogP contribution is -2.76. The molecule has 2 rings (SSSR count). The number of rotatable bonds is 7. The number of carbonyl (C=O) groups is 2. The van der Waals surface area contributed by atoms with E-state index in [0.29, 0.717) is 19.4 Å². The Morgan fingerprint density at radius 2 is 1.92 bits per heavy atom. The van der Waals surface area contributed by atoms with Crippen molar-refractivity contribution in [3.05, 3.63) is 35.9 Å². The van der Waals surface area contributed by atoms with Crippen molar-refractivity contribution in [1.82, 2.24) is 5.32 Å². The van der Waals surface area contributed by atoms with Gasteiger partial charge in [-0.1, -0.05) is 51.1 Å². The molecule has 0 aliphatic heterocycles. The van der Waals surface area contributed by atoms with Crippen LogP contribution in [0, 0.1) is 5.41 Å². The summed E-state index contributed by atoms with van der Waals surface area (Å²) in [5.74, 6) is -1.60. The maximum atomic E-state index is 12.8. The maximum absolute atomic E-state index is 12.8. The predicted molar refractivity (Wildman–Crippen MR) is 91.8 cm³/mol. The van der Waals surface area contributed by atoms with E-state index < -0.39 is 16.9 Å². The number of nitrogens with one attached hydrogen (secondary N) is 1. The summed E-state index contributed by atoms with van der Waals surface area (Å²) in [6, 6.07) is 9.47. The Labute approximate surface area is 143 Å². The summed E-state index contributed by atoms with van der Waals surface area (Å²) in [5.41, 5.74) is -1.05. The molecule has 24 heavy (non-hydrogen) atoms. The number of amides is 1. The van der Waals surface area contributed by atoms with Gasteiger partial charge in [0.1, 0.15) is 5.54 Å². The van der Waals surface area contributed by atoms with Crippen LogP contribution in [-0.2, 0) is 14.3 Å². The molecule has 1 fully saturated rings. The van der Waals surface area contributed by atoms with E-state index in [0.717, 1.165) is 5.56 Å². The first kappa shape index (κ1) is 18.5. The molecule has 1 aromatic carbocycles. The topological polar surface area (TPSA) is 75.6 Å². The minimum absolute atomic E-state index is 0.171. The number of benzene rings is 1. The van der Waals surface area contributed by atoms with E-state index in [1.165, 1.54) is 0 Å². The second-order valence-corrected chi connectivity index (χ2v) is 6.94. The lowest BCUT2D eigenvalue weighted by molar-refractivity contribution is -0.194. The Morgan fingerprint density at radius 1 is 1.29 bits per heavy atom. The third-order valence-corrected chi connectivity index (χ3v) is 5.39. The quantitative estimate of drug-likeness (QED) is 0.804. The van der Waals surface area contributed by atoms with Crippen LogP contribution in [-0.4, -0.2) is 35.2 Å². The predicted octanol–water partition coefficient (Wildman–Crippen LogP) is 2.95. The van der Waals surface area contributed by atoms with Crippen LogP contribution in [0.25, 0.3) is 0 Å². The van der Waals surface area contributed by atoms with Gasteiger partial charge < -0.3 is 15.2 Å². The molecule has 5 heteroatoms. The molecule has 3 unspecified atom stereocenters. The first-order chi connectivity index (χ1) is 11.3. The van der Waals surface area contributed by atoms with Gasteiger partial charge >= 0.3 is 5.97 Å². The summed E-state index contributed by atoms with van der Waals surface area (Å²) >= 11 is 0. The molecule has 1 amide bonds. The zero-order valence-corrected chi connectivity index (χ0v) is 14.8. The summed E-state index contributed by atoms with van der Waals surface area (Å²) in [6.45, 7) is 8.03. The first-order valence-corrected chi connectivity index (χ1v) is 8.52. The number of carbonyl (C=O) groups excluding carboxylic acids is 1. The molecular formula is C19H27NO4. The summed E-state index contributed by atoms with van der Waals surface area (Å²) < 4.78 is 5.64. The number of aliphatic carboxylic acids is 1. The van der Waals surface area contributed by atoms with Crippen LogP contribution in [0.4, 0.5) is 0 Å². The van der Waals surface area contributed by atoms with E-state index >= 15 is 0 Å². The molecule has 132 valence electrons. The van der Waals surface area contributed by atoms with Crippen molar-refractivity contribution in [2.24, 2.45) is 5.41 Å². The fraction of sp³-hybridized carbons (Fsp3) is 0.579. The number of carboxylic acids is 1. The van der Waals surface area contributed by atoms with Gasteiger partial charge in [-0.3, -0.25) is 4.79 Å². The Balaban J connectivity index is 2.23. The summed E-state index contributed by atoms with van der Waals surface area (Å²) in [7, 11) is 0. The van der Waals surface area contributed by atoms with Crippen LogP contribution in [0.1, 0.15) is 52.0 Å². The van der Waals surface area contributed by atoms with Gasteiger partial charge in [-0.15, -0.1) is 0 Å². The molecule has 2 N–H and O–H groups in total. The van der Waals surface area contributed by atoms with Crippen LogP contribution < -0.4 is 5.32 Å². The minimum Gasteiger partial charge on any atom is -0.479 e. The smallest absolute Gasteiger partial charge is 0.330 e. The van der Waals surface area contributed by atoms with E-state index in [-0.39, 0.29) is 17.9 Å². The van der Waals surface area contributed by atoms with Gasteiger partial charge in [-0.25, -0.2) is 4.79 Å². The zero-order chi connectivity index (χ0) is 18.0. The minimum atomic E-state index is -1.29. The van der Waals surface area contributed by atoms with Crippen molar-refractivity contribution in [1.29, 1.82) is 0 Å². The molecule has 1 aliphatic carbocycles. The van der Waals surface area contributed by atoms with Crippen LogP contribution in [0.15, 0.2) is 30.3 Å². The molecule has 1 aliphatic rings. The molecule has 3 atom stereocenters. The highest BCUT2D eigenvalue weighted by Gasteiger charge is 2.66. The molecule has 5 nitrogen and oxygen atoms in total. The van der Waals surface area contributed by atoms with E-state index in [9.17, 15) is 14.7 Å². The van der Waals surface area contributed by atoms with E-state index in [4.69, 9.17) is 4.74 Å². The molecule has 0 bridgehead atoms. The zero-order valence-electron chi connectivity index (χ0n) is 14.8. The molecule has 0 heterocycles. The maximum Gasteiger partial charge on any atom is 0.330 e. The molecule has 0 aromatic heterocycles. The van der Waals surface area contributed by atoms with Gasteiger partial charge in [0.05, 0.1) is 12.0 Å². The van der Waals surface area contributed by atoms with Crippen LogP contribution in [0.5, 0.6) is 0 Å². The Hall–Kier alpha value is -1.88. The van der Waals surface area contributed by atoms with Crippen molar-refractivity contribution >= 4 is 11.9 Å². The molecule has 0 spiro atoms. The second kappa shape index (κ2) is 6.93. The molecule has 1 aromatic rings. The van der Waals surface area contributed by atoms with E-state index in [2.05, 4.69) is 5.32 Å². The average molecular weight is 333 g/mol. The summed E-state index contributed by atoms with van der Waals surface area (Å²) in [6.07, 6.45) is 0.733. The molecule has 0 radical (unpaired) electrons. The third kappa shape index (κ3) is 2.93. The first-order valence-electron chi connectivity index (χ1n) is 8.52. The van der Waals surface area contributed by atoms with Crippen molar-refractivity contribution in [3.8, 4) is 0 Å². The standard InChI is InChI=1S/C19H27NO4/c1-5-14(13-10-8-7-9-11-13)16(21)20-19(17(22)23)12-15(24-6-2)18(19,3)4/h7-11,14-15H,5-6,12H2,1-4H3,(H,20,21)(H,22,23). The Kier molecular flexibility index (Phi) is 5.33. The van der Waals surface area contributed by atoms with Crippen molar-refractivity contribution in [3.63, 3.8) is 0 Å². The van der Waals surface area contributed by atoms with Crippen LogP contribution >= 0.6 is 0 Å². The third-order valence-electron chi connectivity index (χ3n) is 5.39. The van der Waals surface area contributed by atoms with Crippen molar-refractivity contribution < 1.29 is 19.4 Å². The lowest BCUT2D eigenvalue weighted by atomic mass is 9.54. The van der Waals surface area contributed by atoms with E-state index in [1.54, 1.807) is 0 Å². The highest BCUT2D eigenvalue weighted by molar-refractivity contribution is 5.92. The number of carboxylic acid groups (broad SMARTS) is 1. The fourth-order valence-electron chi connectivity index (χ4n) is 3.59. The van der Waals surface area contributed by atoms with Crippen molar-refractivity contribution in [2.75, 3.05) is 6.61 Å². The Bertz CT molecular complexity index is 599. The second-order valence-electron chi connectivity index (χ2n) is 6.94. The van der Waals surface area contributed by atoms with Gasteiger partial charge in [-0.05, 0) is 18.9 Å². The summed E-state index contributed by atoms with van der Waals surface area (Å²) in [4.78, 5) is 24.8. The Morgan fingerprint density at radius 3 is 2.38 bits per heavy atom. The molecular weight excluding hydrogens is 306 g/mol. The average Bonchev–Trinajstić information content (AvgIpc) is 2.55.